The van der Waals surface area contributed by atoms with Gasteiger partial charge in [-0.15, -0.1) is 0 Å². The Hall–Kier alpha value is -0.610. The van der Waals surface area contributed by atoms with Crippen molar-refractivity contribution in [3.8, 4) is 0 Å². The first kappa shape index (κ1) is 12.5. The van der Waals surface area contributed by atoms with Gasteiger partial charge in [-0.05, 0) is 46.4 Å². The van der Waals surface area contributed by atoms with Crippen molar-refractivity contribution in [1.82, 2.24) is 9.80 Å². The molecule has 3 N–H and O–H groups in total. The summed E-state index contributed by atoms with van der Waals surface area (Å²) in [6.45, 7) is 3.47. The van der Waals surface area contributed by atoms with Crippen LogP contribution in [0.15, 0.2) is 0 Å². The first-order valence-corrected chi connectivity index (χ1v) is 5.81. The van der Waals surface area contributed by atoms with E-state index >= 15 is 0 Å². The third kappa shape index (κ3) is 4.62. The van der Waals surface area contributed by atoms with Crippen LogP contribution in [0.3, 0.4) is 0 Å². The first-order chi connectivity index (χ1) is 7.09. The van der Waals surface area contributed by atoms with Crippen LogP contribution in [0.5, 0.6) is 0 Å². The van der Waals surface area contributed by atoms with Gasteiger partial charge in [-0.25, -0.2) is 0 Å². The molecule has 88 valence electrons. The normalized spacial score (nSPS) is 23.3. The van der Waals surface area contributed by atoms with Crippen LogP contribution in [0.25, 0.3) is 0 Å². The zero-order valence-electron chi connectivity index (χ0n) is 10.00. The van der Waals surface area contributed by atoms with E-state index in [2.05, 4.69) is 23.9 Å². The van der Waals surface area contributed by atoms with Crippen LogP contribution in [0, 0.1) is 5.41 Å². The monoisotopic (exact) mass is 212 g/mol. The number of nitrogens with two attached hydrogens (primary N) is 1. The van der Waals surface area contributed by atoms with Crippen molar-refractivity contribution < 1.29 is 0 Å². The lowest BCUT2D eigenvalue weighted by atomic mass is 10.0. The molecule has 0 radical (unpaired) electrons. The van der Waals surface area contributed by atoms with Crippen LogP contribution in [-0.4, -0.2) is 55.4 Å². The fraction of sp³-hybridized carbons (Fsp3) is 0.909. The number of nitrogens with zero attached hydrogens (tertiary/aromatic N) is 2. The molecule has 1 rings (SSSR count). The highest BCUT2D eigenvalue weighted by molar-refractivity contribution is 5.76. The highest BCUT2D eigenvalue weighted by Gasteiger charge is 2.20. The van der Waals surface area contributed by atoms with Crippen LogP contribution in [0.4, 0.5) is 0 Å². The van der Waals surface area contributed by atoms with Gasteiger partial charge in [0.05, 0.1) is 5.84 Å². The summed E-state index contributed by atoms with van der Waals surface area (Å²) in [5.41, 5.74) is 5.34. The molecule has 0 aliphatic carbocycles. The molecular weight excluding hydrogens is 188 g/mol. The molecular formula is C11H24N4. The Balaban J connectivity index is 2.21. The quantitative estimate of drug-likeness (QED) is 0.522. The standard InChI is InChI=1S/C11H24N4/c1-14(2)10-5-3-7-15(9-10)8-4-6-11(12)13/h10H,3-9H2,1-2H3,(H3,12,13). The Kier molecular flexibility index (Phi) is 5.05. The number of piperidine rings is 1. The molecule has 1 aliphatic heterocycles. The van der Waals surface area contributed by atoms with Gasteiger partial charge in [0.15, 0.2) is 0 Å². The summed E-state index contributed by atoms with van der Waals surface area (Å²) < 4.78 is 0. The topological polar surface area (TPSA) is 56.4 Å². The summed E-state index contributed by atoms with van der Waals surface area (Å²) in [5, 5.41) is 7.17. The second kappa shape index (κ2) is 6.08. The molecule has 1 aliphatic rings. The van der Waals surface area contributed by atoms with E-state index in [1.807, 2.05) is 0 Å². The SMILES string of the molecule is CN(C)C1CCCN(CCCC(=N)N)C1. The molecule has 1 unspecified atom stereocenters. The van der Waals surface area contributed by atoms with Gasteiger partial charge in [0.2, 0.25) is 0 Å². The minimum atomic E-state index is 0.316. The zero-order chi connectivity index (χ0) is 11.3. The summed E-state index contributed by atoms with van der Waals surface area (Å²) in [5.74, 6) is 0.316. The molecule has 0 aromatic rings. The molecule has 0 bridgehead atoms. The second-order valence-corrected chi connectivity index (χ2v) is 4.69. The molecule has 0 aromatic carbocycles. The van der Waals surface area contributed by atoms with Gasteiger partial charge in [0.1, 0.15) is 0 Å². The van der Waals surface area contributed by atoms with E-state index in [4.69, 9.17) is 11.1 Å². The van der Waals surface area contributed by atoms with Gasteiger partial charge in [0, 0.05) is 19.0 Å². The van der Waals surface area contributed by atoms with Gasteiger partial charge in [0.25, 0.3) is 0 Å². The zero-order valence-corrected chi connectivity index (χ0v) is 10.00. The Morgan fingerprint density at radius 1 is 1.53 bits per heavy atom. The highest BCUT2D eigenvalue weighted by atomic mass is 15.2. The molecule has 4 heteroatoms. The lowest BCUT2D eigenvalue weighted by molar-refractivity contribution is 0.133. The average molecular weight is 212 g/mol. The summed E-state index contributed by atoms with van der Waals surface area (Å²) in [4.78, 5) is 4.81. The van der Waals surface area contributed by atoms with E-state index in [1.165, 1.54) is 25.9 Å². The van der Waals surface area contributed by atoms with Gasteiger partial charge in [-0.1, -0.05) is 0 Å². The summed E-state index contributed by atoms with van der Waals surface area (Å²) in [6, 6.07) is 0.705. The van der Waals surface area contributed by atoms with Gasteiger partial charge in [-0.3, -0.25) is 5.41 Å². The van der Waals surface area contributed by atoms with E-state index in [-0.39, 0.29) is 0 Å². The van der Waals surface area contributed by atoms with E-state index < -0.39 is 0 Å². The van der Waals surface area contributed by atoms with Crippen molar-refractivity contribution in [2.75, 3.05) is 33.7 Å². The maximum absolute atomic E-state index is 7.17. The second-order valence-electron chi connectivity index (χ2n) is 4.69. The number of nitrogens with one attached hydrogen (secondary N) is 1. The number of likely N-dealkylation sites (N-methyl/N-ethyl adjacent to an activating group) is 1. The van der Waals surface area contributed by atoms with Crippen molar-refractivity contribution in [3.63, 3.8) is 0 Å². The largest absolute Gasteiger partial charge is 0.388 e. The van der Waals surface area contributed by atoms with E-state index in [9.17, 15) is 0 Å². The summed E-state index contributed by atoms with van der Waals surface area (Å²) >= 11 is 0. The van der Waals surface area contributed by atoms with Crippen molar-refractivity contribution in [1.29, 1.82) is 5.41 Å². The van der Waals surface area contributed by atoms with Crippen LogP contribution < -0.4 is 5.73 Å². The van der Waals surface area contributed by atoms with Crippen molar-refractivity contribution >= 4 is 5.84 Å². The molecule has 1 atom stereocenters. The maximum Gasteiger partial charge on any atom is 0.0905 e. The van der Waals surface area contributed by atoms with Crippen LogP contribution in [0.2, 0.25) is 0 Å². The third-order valence-corrected chi connectivity index (χ3v) is 3.13. The molecule has 0 aromatic heterocycles. The highest BCUT2D eigenvalue weighted by Crippen LogP contribution is 2.13. The molecule has 0 spiro atoms. The molecule has 0 saturated carbocycles. The molecule has 1 fully saturated rings. The number of amidine groups is 1. The van der Waals surface area contributed by atoms with Crippen LogP contribution in [-0.2, 0) is 0 Å². The average Bonchev–Trinajstić information content (AvgIpc) is 2.17. The van der Waals surface area contributed by atoms with Gasteiger partial charge >= 0.3 is 0 Å². The fourth-order valence-electron chi connectivity index (χ4n) is 2.15. The fourth-order valence-corrected chi connectivity index (χ4v) is 2.15. The minimum absolute atomic E-state index is 0.316. The molecule has 1 heterocycles. The minimum Gasteiger partial charge on any atom is -0.388 e. The Morgan fingerprint density at radius 3 is 2.87 bits per heavy atom. The Morgan fingerprint density at radius 2 is 2.27 bits per heavy atom. The van der Waals surface area contributed by atoms with Crippen molar-refractivity contribution in [2.45, 2.75) is 31.7 Å². The molecule has 4 nitrogen and oxygen atoms in total. The molecule has 15 heavy (non-hydrogen) atoms. The van der Waals surface area contributed by atoms with E-state index in [1.54, 1.807) is 0 Å². The lowest BCUT2D eigenvalue weighted by Gasteiger charge is -2.36. The van der Waals surface area contributed by atoms with Gasteiger partial charge in [-0.2, -0.15) is 0 Å². The predicted octanol–water partition coefficient (Wildman–Crippen LogP) is 0.729. The van der Waals surface area contributed by atoms with Crippen LogP contribution in [0.1, 0.15) is 25.7 Å². The van der Waals surface area contributed by atoms with E-state index in [0.29, 0.717) is 11.9 Å². The smallest absolute Gasteiger partial charge is 0.0905 e. The third-order valence-electron chi connectivity index (χ3n) is 3.13. The summed E-state index contributed by atoms with van der Waals surface area (Å²) in [6.07, 6.45) is 4.37. The summed E-state index contributed by atoms with van der Waals surface area (Å²) in [7, 11) is 4.31. The Labute approximate surface area is 92.9 Å². The van der Waals surface area contributed by atoms with Crippen molar-refractivity contribution in [3.05, 3.63) is 0 Å². The number of hydrogen-bond donors (Lipinski definition) is 2. The number of likely N-dealkylation sites (tertiary alicyclic amines) is 1. The maximum atomic E-state index is 7.17. The lowest BCUT2D eigenvalue weighted by Crippen LogP contribution is -2.45. The Bertz CT molecular complexity index is 203. The predicted molar refractivity (Wildman–Crippen MR) is 64.3 cm³/mol. The van der Waals surface area contributed by atoms with E-state index in [0.717, 1.165) is 19.4 Å². The molecule has 1 saturated heterocycles. The molecule has 0 amide bonds. The van der Waals surface area contributed by atoms with Crippen molar-refractivity contribution in [2.24, 2.45) is 5.73 Å². The van der Waals surface area contributed by atoms with Gasteiger partial charge < -0.3 is 15.5 Å². The first-order valence-electron chi connectivity index (χ1n) is 5.81. The number of rotatable bonds is 5. The van der Waals surface area contributed by atoms with Crippen LogP contribution >= 0.6 is 0 Å². The number of hydrogen-bond acceptors (Lipinski definition) is 3.